The fraction of sp³-hybridized carbons (Fsp3) is 0.231. The second kappa shape index (κ2) is 4.66. The van der Waals surface area contributed by atoms with Crippen LogP contribution in [0.1, 0.15) is 23.8 Å². The zero-order chi connectivity index (χ0) is 10.8. The summed E-state index contributed by atoms with van der Waals surface area (Å²) in [5, 5.41) is 1.40. The first-order valence-corrected chi connectivity index (χ1v) is 6.97. The average Bonchev–Trinajstić information content (AvgIpc) is 2.57. The summed E-state index contributed by atoms with van der Waals surface area (Å²) in [5.41, 5.74) is 1.42. The minimum atomic E-state index is 1.10. The highest BCUT2D eigenvalue weighted by molar-refractivity contribution is 14.1. The van der Waals surface area contributed by atoms with Crippen molar-refractivity contribution in [3.05, 3.63) is 40.8 Å². The molecular weight excluding hydrogens is 315 g/mol. The van der Waals surface area contributed by atoms with Gasteiger partial charge in [-0.15, -0.1) is 11.3 Å². The van der Waals surface area contributed by atoms with E-state index in [4.69, 9.17) is 0 Å². The smallest absolute Gasteiger partial charge is 0.0442 e. The molecule has 2 rings (SSSR count). The number of allylic oxidation sites excluding steroid dienone is 1. The molecule has 0 unspecified atom stereocenters. The van der Waals surface area contributed by atoms with Crippen LogP contribution in [-0.4, -0.2) is 0 Å². The normalized spacial score (nSPS) is 12.3. The molecule has 0 saturated carbocycles. The summed E-state index contributed by atoms with van der Waals surface area (Å²) in [5.74, 6) is 0. The summed E-state index contributed by atoms with van der Waals surface area (Å²) in [6, 6.07) is 8.63. The number of benzene rings is 1. The molecule has 2 aromatic rings. The first-order chi connectivity index (χ1) is 7.24. The van der Waals surface area contributed by atoms with Crippen LogP contribution in [0.3, 0.4) is 0 Å². The number of hydrogen-bond donors (Lipinski definition) is 0. The van der Waals surface area contributed by atoms with Gasteiger partial charge in [0.2, 0.25) is 0 Å². The van der Waals surface area contributed by atoms with E-state index in [1.807, 2.05) is 11.3 Å². The van der Waals surface area contributed by atoms with Gasteiger partial charge in [0.15, 0.2) is 0 Å². The Hall–Kier alpha value is -0.350. The molecule has 0 radical (unpaired) electrons. The van der Waals surface area contributed by atoms with Crippen molar-refractivity contribution in [1.29, 1.82) is 0 Å². The largest absolute Gasteiger partial charge is 0.134 e. The molecule has 0 aliphatic heterocycles. The van der Waals surface area contributed by atoms with Crippen LogP contribution in [0.5, 0.6) is 0 Å². The Morgan fingerprint density at radius 3 is 2.80 bits per heavy atom. The molecule has 0 atom stereocenters. The Bertz CT molecular complexity index is 508. The predicted molar refractivity (Wildman–Crippen MR) is 78.9 cm³/mol. The fourth-order valence-corrected chi connectivity index (χ4v) is 3.99. The van der Waals surface area contributed by atoms with Crippen molar-refractivity contribution in [1.82, 2.24) is 0 Å². The van der Waals surface area contributed by atoms with Gasteiger partial charge < -0.3 is 0 Å². The van der Waals surface area contributed by atoms with Crippen molar-refractivity contribution < 1.29 is 0 Å². The molecule has 2 heteroatoms. The first-order valence-electron chi connectivity index (χ1n) is 5.08. The molecule has 0 fully saturated rings. The van der Waals surface area contributed by atoms with Gasteiger partial charge in [0.05, 0.1) is 0 Å². The molecule has 0 spiro atoms. The van der Waals surface area contributed by atoms with Crippen molar-refractivity contribution in [2.24, 2.45) is 0 Å². The molecule has 0 N–H and O–H groups in total. The van der Waals surface area contributed by atoms with Gasteiger partial charge in [-0.05, 0) is 53.0 Å². The van der Waals surface area contributed by atoms with E-state index in [0.29, 0.717) is 0 Å². The Morgan fingerprint density at radius 2 is 2.13 bits per heavy atom. The lowest BCUT2D eigenvalue weighted by Crippen LogP contribution is -1.74. The third-order valence-corrected chi connectivity index (χ3v) is 5.10. The maximum Gasteiger partial charge on any atom is 0.0442 e. The van der Waals surface area contributed by atoms with E-state index < -0.39 is 0 Å². The number of rotatable bonds is 2. The third-order valence-electron chi connectivity index (χ3n) is 2.44. The van der Waals surface area contributed by atoms with Crippen LogP contribution in [0.2, 0.25) is 0 Å². The van der Waals surface area contributed by atoms with Crippen molar-refractivity contribution >= 4 is 47.6 Å². The monoisotopic (exact) mass is 328 g/mol. The van der Waals surface area contributed by atoms with E-state index in [-0.39, 0.29) is 0 Å². The minimum absolute atomic E-state index is 1.10. The van der Waals surface area contributed by atoms with Crippen LogP contribution in [0, 0.1) is 6.92 Å². The maximum atomic E-state index is 2.44. The van der Waals surface area contributed by atoms with Gasteiger partial charge in [-0.2, -0.15) is 0 Å². The van der Waals surface area contributed by atoms with E-state index in [1.165, 1.54) is 24.1 Å². The van der Waals surface area contributed by atoms with Gasteiger partial charge >= 0.3 is 0 Å². The molecular formula is C13H13IS. The van der Waals surface area contributed by atoms with Crippen molar-refractivity contribution in [2.75, 3.05) is 0 Å². The third kappa shape index (κ3) is 2.11. The van der Waals surface area contributed by atoms with Crippen molar-refractivity contribution in [3.8, 4) is 0 Å². The number of hydrogen-bond acceptors (Lipinski definition) is 1. The van der Waals surface area contributed by atoms with E-state index in [9.17, 15) is 0 Å². The van der Waals surface area contributed by atoms with Crippen LogP contribution >= 0.6 is 33.9 Å². The van der Waals surface area contributed by atoms with Gasteiger partial charge in [0.1, 0.15) is 0 Å². The van der Waals surface area contributed by atoms with Crippen LogP contribution in [0.25, 0.3) is 13.7 Å². The van der Waals surface area contributed by atoms with Crippen molar-refractivity contribution in [2.45, 2.75) is 20.3 Å². The SMILES string of the molecule is CC/C=C(\I)c1sc2ccccc2c1C. The minimum Gasteiger partial charge on any atom is -0.134 e. The maximum absolute atomic E-state index is 2.44. The predicted octanol–water partition coefficient (Wildman–Crippen LogP) is 5.40. The van der Waals surface area contributed by atoms with Gasteiger partial charge in [-0.1, -0.05) is 31.2 Å². The molecule has 15 heavy (non-hydrogen) atoms. The average molecular weight is 328 g/mol. The Balaban J connectivity index is 2.63. The molecule has 0 nitrogen and oxygen atoms in total. The summed E-state index contributed by atoms with van der Waals surface area (Å²) in [6.45, 7) is 4.40. The number of aryl methyl sites for hydroxylation is 1. The van der Waals surface area contributed by atoms with E-state index in [1.54, 1.807) is 0 Å². The standard InChI is InChI=1S/C13H13IS/c1-3-6-11(14)13-9(2)10-7-4-5-8-12(10)15-13/h4-8H,3H2,1-2H3/b11-6-. The lowest BCUT2D eigenvalue weighted by molar-refractivity contribution is 1.23. The highest BCUT2D eigenvalue weighted by Gasteiger charge is 2.09. The van der Waals surface area contributed by atoms with Crippen LogP contribution in [0.15, 0.2) is 30.3 Å². The first kappa shape index (κ1) is 11.1. The highest BCUT2D eigenvalue weighted by atomic mass is 127. The lowest BCUT2D eigenvalue weighted by Gasteiger charge is -1.96. The Labute approximate surface area is 108 Å². The summed E-state index contributed by atoms with van der Waals surface area (Å²) in [4.78, 5) is 1.43. The van der Waals surface area contributed by atoms with Crippen LogP contribution < -0.4 is 0 Å². The zero-order valence-electron chi connectivity index (χ0n) is 8.88. The molecule has 78 valence electrons. The van der Waals surface area contributed by atoms with E-state index in [0.717, 1.165) is 6.42 Å². The molecule has 0 saturated heterocycles. The molecule has 0 bridgehead atoms. The summed E-state index contributed by atoms with van der Waals surface area (Å²) in [7, 11) is 0. The highest BCUT2D eigenvalue weighted by Crippen LogP contribution is 2.37. The van der Waals surface area contributed by atoms with E-state index in [2.05, 4.69) is 66.8 Å². The zero-order valence-corrected chi connectivity index (χ0v) is 11.9. The van der Waals surface area contributed by atoms with Gasteiger partial charge in [0.25, 0.3) is 0 Å². The summed E-state index contributed by atoms with van der Waals surface area (Å²) < 4.78 is 2.78. The molecule has 1 aromatic heterocycles. The molecule has 0 aliphatic rings. The second-order valence-electron chi connectivity index (χ2n) is 3.51. The quantitative estimate of drug-likeness (QED) is 0.648. The van der Waals surface area contributed by atoms with Gasteiger partial charge in [-0.3, -0.25) is 0 Å². The fourth-order valence-electron chi connectivity index (χ4n) is 1.67. The number of halogens is 1. The van der Waals surface area contributed by atoms with E-state index >= 15 is 0 Å². The molecule has 1 heterocycles. The second-order valence-corrected chi connectivity index (χ2v) is 5.73. The Kier molecular flexibility index (Phi) is 3.46. The van der Waals surface area contributed by atoms with Gasteiger partial charge in [0, 0.05) is 13.2 Å². The van der Waals surface area contributed by atoms with Crippen molar-refractivity contribution in [3.63, 3.8) is 0 Å². The topological polar surface area (TPSA) is 0 Å². The van der Waals surface area contributed by atoms with Crippen LogP contribution in [-0.2, 0) is 0 Å². The van der Waals surface area contributed by atoms with Gasteiger partial charge in [-0.25, -0.2) is 0 Å². The molecule has 0 aliphatic carbocycles. The summed E-state index contributed by atoms with van der Waals surface area (Å²) >= 11 is 4.34. The molecule has 1 aromatic carbocycles. The number of fused-ring (bicyclic) bond motifs is 1. The summed E-state index contributed by atoms with van der Waals surface area (Å²) in [6.07, 6.45) is 3.39. The number of thiophene rings is 1. The Morgan fingerprint density at radius 1 is 1.40 bits per heavy atom. The molecule has 0 amide bonds. The van der Waals surface area contributed by atoms with Crippen LogP contribution in [0.4, 0.5) is 0 Å². The lowest BCUT2D eigenvalue weighted by atomic mass is 10.1.